The molecule has 0 aliphatic rings. The highest BCUT2D eigenvalue weighted by Crippen LogP contribution is 2.16. The number of benzene rings is 2. The molecule has 1 unspecified atom stereocenters. The molecule has 0 amide bonds. The summed E-state index contributed by atoms with van der Waals surface area (Å²) in [5.74, 6) is 0.723. The third kappa shape index (κ3) is 3.40. The van der Waals surface area contributed by atoms with E-state index in [1.807, 2.05) is 48.5 Å². The molecular weight excluding hydrogens is 334 g/mol. The maximum atomic E-state index is 10.1. The molecule has 0 saturated carbocycles. The number of para-hydroxylation sites is 1. The van der Waals surface area contributed by atoms with Gasteiger partial charge in [0.2, 0.25) is 0 Å². The van der Waals surface area contributed by atoms with Crippen molar-refractivity contribution in [1.82, 2.24) is 15.0 Å². The van der Waals surface area contributed by atoms with Gasteiger partial charge in [-0.15, -0.1) is 5.10 Å². The third-order valence-corrected chi connectivity index (χ3v) is 3.59. The van der Waals surface area contributed by atoms with Crippen molar-refractivity contribution in [3.8, 4) is 5.75 Å². The lowest BCUT2D eigenvalue weighted by Gasteiger charge is -2.12. The minimum atomic E-state index is -0.654. The van der Waals surface area contributed by atoms with Crippen LogP contribution in [0.3, 0.4) is 0 Å². The van der Waals surface area contributed by atoms with Crippen LogP contribution in [0, 0.1) is 0 Å². The largest absolute Gasteiger partial charge is 0.491 e. The molecule has 108 valence electrons. The number of nitrogens with zero attached hydrogens (tertiary/aromatic N) is 3. The van der Waals surface area contributed by atoms with E-state index in [9.17, 15) is 5.11 Å². The van der Waals surface area contributed by atoms with Crippen molar-refractivity contribution in [3.63, 3.8) is 0 Å². The highest BCUT2D eigenvalue weighted by atomic mass is 79.9. The Balaban J connectivity index is 1.61. The Morgan fingerprint density at radius 2 is 1.90 bits per heavy atom. The molecule has 6 heteroatoms. The summed E-state index contributed by atoms with van der Waals surface area (Å²) in [7, 11) is 0. The van der Waals surface area contributed by atoms with Crippen molar-refractivity contribution >= 4 is 27.0 Å². The maximum Gasteiger partial charge on any atom is 0.119 e. The zero-order chi connectivity index (χ0) is 14.7. The summed E-state index contributed by atoms with van der Waals surface area (Å²) >= 11 is 3.36. The molecule has 3 aromatic rings. The predicted octanol–water partition coefficient (Wildman–Crippen LogP) is 2.63. The number of rotatable bonds is 5. The molecule has 0 radical (unpaired) electrons. The van der Waals surface area contributed by atoms with Crippen LogP contribution in [0.5, 0.6) is 5.75 Å². The number of fused-ring (bicyclic) bond motifs is 1. The summed E-state index contributed by atoms with van der Waals surface area (Å²) in [6, 6.07) is 15.1. The van der Waals surface area contributed by atoms with Crippen molar-refractivity contribution in [2.24, 2.45) is 0 Å². The van der Waals surface area contributed by atoms with Gasteiger partial charge in [-0.3, -0.25) is 0 Å². The topological polar surface area (TPSA) is 60.2 Å². The van der Waals surface area contributed by atoms with Crippen molar-refractivity contribution in [2.75, 3.05) is 6.61 Å². The van der Waals surface area contributed by atoms with Gasteiger partial charge in [0.25, 0.3) is 0 Å². The van der Waals surface area contributed by atoms with Gasteiger partial charge in [0.15, 0.2) is 0 Å². The summed E-state index contributed by atoms with van der Waals surface area (Å²) in [5.41, 5.74) is 1.72. The Bertz CT molecular complexity index is 727. The second-order valence-electron chi connectivity index (χ2n) is 4.68. The molecule has 1 N–H and O–H groups in total. The average Bonchev–Trinajstić information content (AvgIpc) is 2.90. The number of halogens is 1. The van der Waals surface area contributed by atoms with Gasteiger partial charge in [-0.25, -0.2) is 4.68 Å². The van der Waals surface area contributed by atoms with E-state index in [2.05, 4.69) is 26.2 Å². The van der Waals surface area contributed by atoms with Gasteiger partial charge in [0.05, 0.1) is 12.1 Å². The first-order valence-electron chi connectivity index (χ1n) is 6.57. The highest BCUT2D eigenvalue weighted by molar-refractivity contribution is 9.10. The van der Waals surface area contributed by atoms with Gasteiger partial charge >= 0.3 is 0 Å². The maximum absolute atomic E-state index is 10.1. The molecular formula is C15H14BrN3O2. The number of hydrogen-bond acceptors (Lipinski definition) is 4. The molecule has 1 heterocycles. The van der Waals surface area contributed by atoms with E-state index in [0.29, 0.717) is 6.54 Å². The quantitative estimate of drug-likeness (QED) is 0.770. The molecule has 1 atom stereocenters. The Morgan fingerprint density at radius 3 is 2.71 bits per heavy atom. The summed E-state index contributed by atoms with van der Waals surface area (Å²) in [6.45, 7) is 0.548. The Hall–Kier alpha value is -1.92. The Morgan fingerprint density at radius 1 is 1.14 bits per heavy atom. The molecule has 0 fully saturated rings. The number of aliphatic hydroxyl groups is 1. The van der Waals surface area contributed by atoms with Crippen LogP contribution < -0.4 is 4.74 Å². The first kappa shape index (κ1) is 14.0. The Labute approximate surface area is 130 Å². The van der Waals surface area contributed by atoms with Gasteiger partial charge in [-0.1, -0.05) is 33.3 Å². The van der Waals surface area contributed by atoms with Crippen LogP contribution in [-0.4, -0.2) is 32.8 Å². The molecule has 1 aromatic heterocycles. The second kappa shape index (κ2) is 6.24. The van der Waals surface area contributed by atoms with Gasteiger partial charge in [0.1, 0.15) is 24.0 Å². The molecule has 21 heavy (non-hydrogen) atoms. The van der Waals surface area contributed by atoms with Crippen LogP contribution in [0.25, 0.3) is 11.0 Å². The number of aliphatic hydroxyl groups excluding tert-OH is 1. The van der Waals surface area contributed by atoms with Crippen LogP contribution in [0.15, 0.2) is 53.0 Å². The van der Waals surface area contributed by atoms with E-state index in [0.717, 1.165) is 21.3 Å². The normalized spacial score (nSPS) is 12.5. The smallest absolute Gasteiger partial charge is 0.119 e. The fraction of sp³-hybridized carbons (Fsp3) is 0.200. The second-order valence-corrected chi connectivity index (χ2v) is 5.59. The van der Waals surface area contributed by atoms with Crippen molar-refractivity contribution in [1.29, 1.82) is 0 Å². The fourth-order valence-electron chi connectivity index (χ4n) is 2.03. The average molecular weight is 348 g/mol. The third-order valence-electron chi connectivity index (χ3n) is 3.06. The molecule has 0 bridgehead atoms. The molecule has 0 saturated heterocycles. The van der Waals surface area contributed by atoms with Crippen LogP contribution in [0.4, 0.5) is 0 Å². The van der Waals surface area contributed by atoms with Crippen molar-refractivity contribution in [3.05, 3.63) is 53.0 Å². The fourth-order valence-corrected chi connectivity index (χ4v) is 2.29. The van der Waals surface area contributed by atoms with Crippen molar-refractivity contribution in [2.45, 2.75) is 12.6 Å². The molecule has 5 nitrogen and oxygen atoms in total. The van der Waals surface area contributed by atoms with Crippen LogP contribution in [-0.2, 0) is 6.54 Å². The standard InChI is InChI=1S/C15H14BrN3O2/c16-11-5-7-13(8-6-11)21-10-12(20)9-19-15-4-2-1-3-14(15)17-18-19/h1-8,12,20H,9-10H2. The van der Waals surface area contributed by atoms with E-state index in [-0.39, 0.29) is 6.61 Å². The molecule has 0 aliphatic carbocycles. The van der Waals surface area contributed by atoms with Gasteiger partial charge in [-0.2, -0.15) is 0 Å². The summed E-state index contributed by atoms with van der Waals surface area (Å²) < 4.78 is 8.23. The zero-order valence-electron chi connectivity index (χ0n) is 11.2. The van der Waals surface area contributed by atoms with E-state index in [4.69, 9.17) is 4.74 Å². The highest BCUT2D eigenvalue weighted by Gasteiger charge is 2.10. The number of hydrogen-bond donors (Lipinski definition) is 1. The lowest BCUT2D eigenvalue weighted by molar-refractivity contribution is 0.0899. The van der Waals surface area contributed by atoms with E-state index >= 15 is 0 Å². The van der Waals surface area contributed by atoms with E-state index in [1.165, 1.54) is 0 Å². The number of aromatic nitrogens is 3. The lowest BCUT2D eigenvalue weighted by Crippen LogP contribution is -2.24. The summed E-state index contributed by atoms with van der Waals surface area (Å²) in [5, 5.41) is 18.2. The van der Waals surface area contributed by atoms with E-state index in [1.54, 1.807) is 4.68 Å². The zero-order valence-corrected chi connectivity index (χ0v) is 12.8. The minimum absolute atomic E-state index is 0.204. The molecule has 2 aromatic carbocycles. The van der Waals surface area contributed by atoms with Gasteiger partial charge in [-0.05, 0) is 36.4 Å². The van der Waals surface area contributed by atoms with Crippen molar-refractivity contribution < 1.29 is 9.84 Å². The first-order chi connectivity index (χ1) is 10.2. The SMILES string of the molecule is OC(COc1ccc(Br)cc1)Cn1nnc2ccccc21. The minimum Gasteiger partial charge on any atom is -0.491 e. The molecule has 0 spiro atoms. The molecule has 0 aliphatic heterocycles. The summed E-state index contributed by atoms with van der Waals surface area (Å²) in [4.78, 5) is 0. The lowest BCUT2D eigenvalue weighted by atomic mass is 10.3. The van der Waals surface area contributed by atoms with Gasteiger partial charge < -0.3 is 9.84 Å². The first-order valence-corrected chi connectivity index (χ1v) is 7.36. The van der Waals surface area contributed by atoms with Crippen LogP contribution >= 0.6 is 15.9 Å². The van der Waals surface area contributed by atoms with E-state index < -0.39 is 6.10 Å². The predicted molar refractivity (Wildman–Crippen MR) is 83.2 cm³/mol. The number of ether oxygens (including phenoxy) is 1. The van der Waals surface area contributed by atoms with Crippen LogP contribution in [0.1, 0.15) is 0 Å². The molecule has 3 rings (SSSR count). The Kier molecular flexibility index (Phi) is 4.17. The summed E-state index contributed by atoms with van der Waals surface area (Å²) in [6.07, 6.45) is -0.654. The van der Waals surface area contributed by atoms with Crippen LogP contribution in [0.2, 0.25) is 0 Å². The van der Waals surface area contributed by atoms with Gasteiger partial charge in [0, 0.05) is 4.47 Å². The monoisotopic (exact) mass is 347 g/mol.